The zero-order chi connectivity index (χ0) is 19.1. The Labute approximate surface area is 162 Å². The van der Waals surface area contributed by atoms with Crippen LogP contribution in [0.4, 0.5) is 0 Å². The summed E-state index contributed by atoms with van der Waals surface area (Å²) in [6.07, 6.45) is 1.58. The largest absolute Gasteiger partial charge is 0.468 e. The van der Waals surface area contributed by atoms with Gasteiger partial charge in [-0.3, -0.25) is 9.69 Å². The average Bonchev–Trinajstić information content (AvgIpc) is 3.36. The van der Waals surface area contributed by atoms with Gasteiger partial charge in [0.2, 0.25) is 13.6 Å². The Kier molecular flexibility index (Phi) is 4.24. The normalized spacial score (nSPS) is 19.4. The van der Waals surface area contributed by atoms with Crippen molar-refractivity contribution in [1.82, 2.24) is 4.90 Å². The van der Waals surface area contributed by atoms with Crippen molar-refractivity contribution >= 4 is 5.97 Å². The number of rotatable bonds is 4. The Hall–Kier alpha value is -2.93. The molecule has 7 nitrogen and oxygen atoms in total. The van der Waals surface area contributed by atoms with Crippen LogP contribution in [0.1, 0.15) is 22.7 Å². The van der Waals surface area contributed by atoms with Gasteiger partial charge in [-0.2, -0.15) is 0 Å². The SMILES string of the molecule is COC(=O)CN1CCc2cc3c(cc2C1Cc1ccc2c(c1)OCO2)OCO3. The van der Waals surface area contributed by atoms with Crippen LogP contribution in [0.5, 0.6) is 23.0 Å². The van der Waals surface area contributed by atoms with Crippen LogP contribution in [0, 0.1) is 0 Å². The molecule has 1 atom stereocenters. The van der Waals surface area contributed by atoms with E-state index in [2.05, 4.69) is 17.0 Å². The molecular weight excluding hydrogens is 362 g/mol. The topological polar surface area (TPSA) is 66.5 Å². The molecule has 5 rings (SSSR count). The fraction of sp³-hybridized carbons (Fsp3) is 0.381. The molecule has 3 heterocycles. The number of esters is 1. The van der Waals surface area contributed by atoms with Gasteiger partial charge in [-0.1, -0.05) is 6.07 Å². The fourth-order valence-corrected chi connectivity index (χ4v) is 4.09. The summed E-state index contributed by atoms with van der Waals surface area (Å²) < 4.78 is 27.0. The number of fused-ring (bicyclic) bond motifs is 3. The Bertz CT molecular complexity index is 927. The standard InChI is InChI=1S/C21H21NO6/c1-24-21(23)10-22-5-4-14-8-19-20(28-12-27-19)9-15(14)16(22)6-13-2-3-17-18(7-13)26-11-25-17/h2-3,7-9,16H,4-6,10-12H2,1H3. The molecule has 0 N–H and O–H groups in total. The maximum atomic E-state index is 12.0. The second-order valence-corrected chi connectivity index (χ2v) is 7.11. The first-order chi connectivity index (χ1) is 13.7. The van der Waals surface area contributed by atoms with E-state index in [9.17, 15) is 4.79 Å². The number of ether oxygens (including phenoxy) is 5. The highest BCUT2D eigenvalue weighted by atomic mass is 16.7. The van der Waals surface area contributed by atoms with Crippen LogP contribution in [-0.4, -0.2) is 44.7 Å². The number of hydrogen-bond donors (Lipinski definition) is 0. The summed E-state index contributed by atoms with van der Waals surface area (Å²) >= 11 is 0. The monoisotopic (exact) mass is 383 g/mol. The molecule has 28 heavy (non-hydrogen) atoms. The predicted molar refractivity (Wildman–Crippen MR) is 98.9 cm³/mol. The first kappa shape index (κ1) is 17.2. The lowest BCUT2D eigenvalue weighted by Crippen LogP contribution is -2.40. The van der Waals surface area contributed by atoms with Gasteiger partial charge in [-0.15, -0.1) is 0 Å². The van der Waals surface area contributed by atoms with Gasteiger partial charge >= 0.3 is 5.97 Å². The van der Waals surface area contributed by atoms with Crippen LogP contribution >= 0.6 is 0 Å². The van der Waals surface area contributed by atoms with E-state index in [-0.39, 0.29) is 32.1 Å². The van der Waals surface area contributed by atoms with Gasteiger partial charge in [0.05, 0.1) is 13.7 Å². The number of carbonyl (C=O) groups excluding carboxylic acids is 1. The summed E-state index contributed by atoms with van der Waals surface area (Å²) in [5.41, 5.74) is 3.52. The van der Waals surface area contributed by atoms with Crippen molar-refractivity contribution in [1.29, 1.82) is 0 Å². The summed E-state index contributed by atoms with van der Waals surface area (Å²) in [4.78, 5) is 14.2. The van der Waals surface area contributed by atoms with Crippen LogP contribution in [0.25, 0.3) is 0 Å². The minimum Gasteiger partial charge on any atom is -0.468 e. The van der Waals surface area contributed by atoms with E-state index in [1.165, 1.54) is 12.7 Å². The molecule has 3 aliphatic rings. The molecule has 0 spiro atoms. The van der Waals surface area contributed by atoms with Crippen LogP contribution < -0.4 is 18.9 Å². The quantitative estimate of drug-likeness (QED) is 0.752. The highest BCUT2D eigenvalue weighted by Crippen LogP contribution is 2.42. The van der Waals surface area contributed by atoms with Crippen molar-refractivity contribution in [3.63, 3.8) is 0 Å². The highest BCUT2D eigenvalue weighted by molar-refractivity contribution is 5.71. The van der Waals surface area contributed by atoms with Crippen LogP contribution in [0.2, 0.25) is 0 Å². The minimum atomic E-state index is -0.236. The van der Waals surface area contributed by atoms with Crippen molar-refractivity contribution in [3.05, 3.63) is 47.0 Å². The maximum Gasteiger partial charge on any atom is 0.319 e. The molecular formula is C21H21NO6. The third kappa shape index (κ3) is 3.01. The second-order valence-electron chi connectivity index (χ2n) is 7.11. The van der Waals surface area contributed by atoms with Crippen LogP contribution in [0.3, 0.4) is 0 Å². The van der Waals surface area contributed by atoms with Gasteiger partial charge in [0.25, 0.3) is 0 Å². The van der Waals surface area contributed by atoms with Gasteiger partial charge in [-0.05, 0) is 53.8 Å². The lowest BCUT2D eigenvalue weighted by atomic mass is 9.88. The fourth-order valence-electron chi connectivity index (χ4n) is 4.09. The molecule has 1 unspecified atom stereocenters. The van der Waals surface area contributed by atoms with Gasteiger partial charge in [-0.25, -0.2) is 0 Å². The summed E-state index contributed by atoms with van der Waals surface area (Å²) in [6.45, 7) is 1.52. The molecule has 0 aromatic heterocycles. The molecule has 146 valence electrons. The summed E-state index contributed by atoms with van der Waals surface area (Å²) in [5, 5.41) is 0. The van der Waals surface area contributed by atoms with Crippen LogP contribution in [0.15, 0.2) is 30.3 Å². The number of methoxy groups -OCH3 is 1. The van der Waals surface area contributed by atoms with E-state index in [1.54, 1.807) is 0 Å². The van der Waals surface area contributed by atoms with Crippen molar-refractivity contribution in [3.8, 4) is 23.0 Å². The highest BCUT2D eigenvalue weighted by Gasteiger charge is 2.32. The third-order valence-electron chi connectivity index (χ3n) is 5.53. The smallest absolute Gasteiger partial charge is 0.319 e. The van der Waals surface area contributed by atoms with Gasteiger partial charge in [0, 0.05) is 12.6 Å². The van der Waals surface area contributed by atoms with E-state index in [0.29, 0.717) is 0 Å². The first-order valence-electron chi connectivity index (χ1n) is 9.33. The Balaban J connectivity index is 1.50. The zero-order valence-electron chi connectivity index (χ0n) is 15.6. The molecule has 3 aliphatic heterocycles. The lowest BCUT2D eigenvalue weighted by Gasteiger charge is -2.37. The van der Waals surface area contributed by atoms with E-state index >= 15 is 0 Å². The molecule has 0 amide bonds. The van der Waals surface area contributed by atoms with Gasteiger partial charge in [0.1, 0.15) is 0 Å². The molecule has 2 aromatic carbocycles. The summed E-state index contributed by atoms with van der Waals surface area (Å²) in [5.74, 6) is 2.84. The molecule has 0 bridgehead atoms. The number of carbonyl (C=O) groups is 1. The molecule has 2 aromatic rings. The Morgan fingerprint density at radius 2 is 1.75 bits per heavy atom. The van der Waals surface area contributed by atoms with Crippen LogP contribution in [-0.2, 0) is 22.4 Å². The molecule has 0 aliphatic carbocycles. The van der Waals surface area contributed by atoms with Crippen molar-refractivity contribution < 1.29 is 28.5 Å². The van der Waals surface area contributed by atoms with Crippen molar-refractivity contribution in [2.75, 3.05) is 33.8 Å². The van der Waals surface area contributed by atoms with E-state index in [4.69, 9.17) is 23.7 Å². The Morgan fingerprint density at radius 3 is 2.54 bits per heavy atom. The first-order valence-corrected chi connectivity index (χ1v) is 9.33. The van der Waals surface area contributed by atoms with Gasteiger partial charge in [0.15, 0.2) is 23.0 Å². The Morgan fingerprint density at radius 1 is 1.04 bits per heavy atom. The minimum absolute atomic E-state index is 0.0257. The maximum absolute atomic E-state index is 12.0. The lowest BCUT2D eigenvalue weighted by molar-refractivity contribution is -0.142. The average molecular weight is 383 g/mol. The van der Waals surface area contributed by atoms with E-state index in [1.807, 2.05) is 18.2 Å². The third-order valence-corrected chi connectivity index (χ3v) is 5.53. The molecule has 0 saturated heterocycles. The second kappa shape index (κ2) is 6.91. The number of benzene rings is 2. The number of hydrogen-bond acceptors (Lipinski definition) is 7. The van der Waals surface area contributed by atoms with E-state index < -0.39 is 0 Å². The van der Waals surface area contributed by atoms with E-state index in [0.717, 1.165) is 53.5 Å². The molecule has 0 radical (unpaired) electrons. The predicted octanol–water partition coefficient (Wildman–Crippen LogP) is 2.46. The molecule has 7 heteroatoms. The summed E-state index contributed by atoms with van der Waals surface area (Å²) in [7, 11) is 1.42. The molecule has 0 fully saturated rings. The van der Waals surface area contributed by atoms with Crippen molar-refractivity contribution in [2.24, 2.45) is 0 Å². The summed E-state index contributed by atoms with van der Waals surface area (Å²) in [6, 6.07) is 10.1. The van der Waals surface area contributed by atoms with Crippen molar-refractivity contribution in [2.45, 2.75) is 18.9 Å². The molecule has 0 saturated carbocycles. The van der Waals surface area contributed by atoms with Gasteiger partial charge < -0.3 is 23.7 Å². The zero-order valence-corrected chi connectivity index (χ0v) is 15.6. The number of nitrogens with zero attached hydrogens (tertiary/aromatic N) is 1.